The Morgan fingerprint density at radius 3 is 2.20 bits per heavy atom. The summed E-state index contributed by atoms with van der Waals surface area (Å²) in [6.45, 7) is 8.37. The van der Waals surface area contributed by atoms with E-state index in [2.05, 4.69) is 20.8 Å². The standard InChI is InChI=1S/C9H19.Li/c1-4-5-6-7-8-9(2)3;/h9H,2,4-8H2,1,3H3;/q-1;+1/t9-;/m1./s1. The molecule has 0 aliphatic rings. The van der Waals surface area contributed by atoms with Gasteiger partial charge in [0.25, 0.3) is 0 Å². The maximum absolute atomic E-state index is 3.94. The van der Waals surface area contributed by atoms with Crippen LogP contribution in [-0.4, -0.2) is 0 Å². The summed E-state index contributed by atoms with van der Waals surface area (Å²) >= 11 is 0. The van der Waals surface area contributed by atoms with Gasteiger partial charge in [0.15, 0.2) is 0 Å². The molecule has 0 aromatic carbocycles. The van der Waals surface area contributed by atoms with Crippen LogP contribution in [0.25, 0.3) is 0 Å². The van der Waals surface area contributed by atoms with Gasteiger partial charge in [0.2, 0.25) is 0 Å². The minimum Gasteiger partial charge on any atom is -0.341 e. The summed E-state index contributed by atoms with van der Waals surface area (Å²) in [5.41, 5.74) is 0. The Balaban J connectivity index is 0. The zero-order valence-electron chi connectivity index (χ0n) is 7.82. The SMILES string of the molecule is [CH2-][C@H](C)CCCCCC.[Li+]. The Hall–Kier alpha value is 0.597. The van der Waals surface area contributed by atoms with E-state index in [-0.39, 0.29) is 18.9 Å². The first-order valence-electron chi connectivity index (χ1n) is 4.10. The van der Waals surface area contributed by atoms with Crippen LogP contribution in [0.3, 0.4) is 0 Å². The topological polar surface area (TPSA) is 0 Å². The molecule has 0 aromatic heterocycles. The Kier molecular flexibility index (Phi) is 12.7. The van der Waals surface area contributed by atoms with Crippen LogP contribution in [0.2, 0.25) is 0 Å². The summed E-state index contributed by atoms with van der Waals surface area (Å²) < 4.78 is 0. The molecule has 0 radical (unpaired) electrons. The fraction of sp³-hybridized carbons (Fsp3) is 0.889. The van der Waals surface area contributed by atoms with E-state index < -0.39 is 0 Å². The van der Waals surface area contributed by atoms with Gasteiger partial charge < -0.3 is 6.92 Å². The second kappa shape index (κ2) is 9.60. The molecule has 0 unspecified atom stereocenters. The molecule has 0 aliphatic heterocycles. The first-order valence-corrected chi connectivity index (χ1v) is 4.10. The van der Waals surface area contributed by atoms with Crippen LogP contribution in [-0.2, 0) is 0 Å². The van der Waals surface area contributed by atoms with E-state index in [1.165, 1.54) is 32.1 Å². The van der Waals surface area contributed by atoms with Crippen molar-refractivity contribution in [3.63, 3.8) is 0 Å². The van der Waals surface area contributed by atoms with Crippen LogP contribution in [0.1, 0.15) is 46.0 Å². The molecular weight excluding hydrogens is 115 g/mol. The molecule has 1 heteroatoms. The fourth-order valence-corrected chi connectivity index (χ4v) is 0.920. The quantitative estimate of drug-likeness (QED) is 0.290. The zero-order valence-corrected chi connectivity index (χ0v) is 7.82. The molecule has 0 aromatic rings. The first kappa shape index (κ1) is 13.2. The van der Waals surface area contributed by atoms with Crippen molar-refractivity contribution >= 4 is 0 Å². The normalized spacial score (nSPS) is 12.3. The molecule has 10 heavy (non-hydrogen) atoms. The van der Waals surface area contributed by atoms with E-state index >= 15 is 0 Å². The van der Waals surface area contributed by atoms with Gasteiger partial charge in [-0.2, -0.15) is 5.92 Å². The molecule has 0 bridgehead atoms. The minimum absolute atomic E-state index is 0. The van der Waals surface area contributed by atoms with Crippen molar-refractivity contribution in [3.05, 3.63) is 6.92 Å². The number of unbranched alkanes of at least 4 members (excludes halogenated alkanes) is 3. The van der Waals surface area contributed by atoms with Gasteiger partial charge in [-0.15, -0.1) is 0 Å². The molecular formula is C9H19Li. The molecule has 0 saturated carbocycles. The molecule has 0 amide bonds. The van der Waals surface area contributed by atoms with Crippen LogP contribution < -0.4 is 18.9 Å². The molecule has 0 rings (SSSR count). The van der Waals surface area contributed by atoms with Gasteiger partial charge in [-0.05, 0) is 0 Å². The van der Waals surface area contributed by atoms with E-state index in [0.29, 0.717) is 5.92 Å². The monoisotopic (exact) mass is 134 g/mol. The Morgan fingerprint density at radius 2 is 1.80 bits per heavy atom. The summed E-state index contributed by atoms with van der Waals surface area (Å²) in [6.07, 6.45) is 6.81. The second-order valence-corrected chi connectivity index (χ2v) is 2.95. The van der Waals surface area contributed by atoms with Crippen molar-refractivity contribution in [1.29, 1.82) is 0 Å². The van der Waals surface area contributed by atoms with Gasteiger partial charge in [0, 0.05) is 0 Å². The molecule has 0 heterocycles. The van der Waals surface area contributed by atoms with Gasteiger partial charge in [0.1, 0.15) is 0 Å². The third kappa shape index (κ3) is 11.4. The van der Waals surface area contributed by atoms with Gasteiger partial charge >= 0.3 is 18.9 Å². The van der Waals surface area contributed by atoms with Gasteiger partial charge in [-0.1, -0.05) is 46.0 Å². The van der Waals surface area contributed by atoms with Gasteiger partial charge in [-0.3, -0.25) is 0 Å². The molecule has 0 spiro atoms. The predicted molar refractivity (Wildman–Crippen MR) is 43.3 cm³/mol. The second-order valence-electron chi connectivity index (χ2n) is 2.95. The Morgan fingerprint density at radius 1 is 1.20 bits per heavy atom. The average Bonchev–Trinajstić information content (AvgIpc) is 1.80. The minimum atomic E-state index is 0. The average molecular weight is 134 g/mol. The number of hydrogen-bond donors (Lipinski definition) is 0. The van der Waals surface area contributed by atoms with Crippen molar-refractivity contribution in [1.82, 2.24) is 0 Å². The van der Waals surface area contributed by atoms with E-state index in [1.54, 1.807) is 0 Å². The van der Waals surface area contributed by atoms with Gasteiger partial charge in [-0.25, -0.2) is 0 Å². The maximum Gasteiger partial charge on any atom is 1.00 e. The summed E-state index contributed by atoms with van der Waals surface area (Å²) in [6, 6.07) is 0. The van der Waals surface area contributed by atoms with Crippen LogP contribution in [0.5, 0.6) is 0 Å². The summed E-state index contributed by atoms with van der Waals surface area (Å²) in [5, 5.41) is 0. The molecule has 1 atom stereocenters. The summed E-state index contributed by atoms with van der Waals surface area (Å²) in [7, 11) is 0. The maximum atomic E-state index is 3.94. The van der Waals surface area contributed by atoms with Crippen molar-refractivity contribution in [2.75, 3.05) is 0 Å². The molecule has 0 aliphatic carbocycles. The van der Waals surface area contributed by atoms with E-state index in [1.807, 2.05) is 0 Å². The Labute approximate surface area is 78.0 Å². The van der Waals surface area contributed by atoms with Crippen molar-refractivity contribution in [2.24, 2.45) is 5.92 Å². The molecule has 0 N–H and O–H groups in total. The van der Waals surface area contributed by atoms with E-state index in [9.17, 15) is 0 Å². The zero-order chi connectivity index (χ0) is 7.11. The third-order valence-electron chi connectivity index (χ3n) is 1.55. The Bertz CT molecular complexity index is 50.7. The fourth-order valence-electron chi connectivity index (χ4n) is 0.920. The van der Waals surface area contributed by atoms with Crippen LogP contribution in [0.15, 0.2) is 0 Å². The van der Waals surface area contributed by atoms with Crippen molar-refractivity contribution < 1.29 is 18.9 Å². The summed E-state index contributed by atoms with van der Waals surface area (Å²) in [4.78, 5) is 0. The molecule has 0 nitrogen and oxygen atoms in total. The molecule has 0 saturated heterocycles. The van der Waals surface area contributed by atoms with Crippen LogP contribution in [0, 0.1) is 12.8 Å². The summed E-state index contributed by atoms with van der Waals surface area (Å²) in [5.74, 6) is 0.654. The molecule has 0 fully saturated rings. The molecule has 56 valence electrons. The smallest absolute Gasteiger partial charge is 0.341 e. The number of rotatable bonds is 5. The largest absolute Gasteiger partial charge is 1.00 e. The predicted octanol–water partition coefficient (Wildman–Crippen LogP) is 0.431. The van der Waals surface area contributed by atoms with E-state index in [0.717, 1.165) is 0 Å². The first-order chi connectivity index (χ1) is 4.27. The van der Waals surface area contributed by atoms with E-state index in [4.69, 9.17) is 0 Å². The van der Waals surface area contributed by atoms with Crippen LogP contribution >= 0.6 is 0 Å². The van der Waals surface area contributed by atoms with Crippen molar-refractivity contribution in [3.8, 4) is 0 Å². The van der Waals surface area contributed by atoms with Crippen LogP contribution in [0.4, 0.5) is 0 Å². The third-order valence-corrected chi connectivity index (χ3v) is 1.55. The number of hydrogen-bond acceptors (Lipinski definition) is 0. The van der Waals surface area contributed by atoms with Gasteiger partial charge in [0.05, 0.1) is 0 Å². The van der Waals surface area contributed by atoms with Crippen molar-refractivity contribution in [2.45, 2.75) is 46.0 Å².